The third-order valence-corrected chi connectivity index (χ3v) is 6.98. The first-order valence-corrected chi connectivity index (χ1v) is 14.0. The third-order valence-electron chi connectivity index (χ3n) is 5.53. The SMILES string of the molecule is CCCCCCCCC/C=C\CCCCC/C=C\CCC(O)(C[N+](C)(C)C)P(=O)(O)O. The predicted octanol–water partition coefficient (Wildman–Crippen LogP) is 6.54. The van der Waals surface area contributed by atoms with Crippen LogP contribution in [0, 0.1) is 0 Å². The Kier molecular flexibility index (Phi) is 16.8. The number of allylic oxidation sites excluding steroid dienone is 4. The highest BCUT2D eigenvalue weighted by atomic mass is 31.2. The van der Waals surface area contributed by atoms with E-state index in [1.54, 1.807) is 0 Å². The fourth-order valence-corrected chi connectivity index (χ4v) is 4.81. The number of unbranched alkanes of at least 4 members (excludes halogenated alkanes) is 11. The Morgan fingerprint density at radius 3 is 1.52 bits per heavy atom. The molecule has 0 saturated heterocycles. The number of aliphatic hydroxyl groups is 1. The summed E-state index contributed by atoms with van der Waals surface area (Å²) in [5.41, 5.74) is 0. The lowest BCUT2D eigenvalue weighted by Gasteiger charge is -2.35. The standard InChI is InChI=1S/C25H50NO4P/c1-5-6-7-8-9-10-11-12-13-14-15-16-17-18-19-20-21-22-23-25(27,31(28,29)30)24-26(2,3)4/h13-14,20-21,27H,5-12,15-19,22-24H2,1-4H3,(H-,28,29,30)/p+1/b14-13-,21-20-. The van der Waals surface area contributed by atoms with Gasteiger partial charge in [0.2, 0.25) is 5.34 Å². The summed E-state index contributed by atoms with van der Waals surface area (Å²) in [5.74, 6) is 0. The zero-order valence-corrected chi connectivity index (χ0v) is 21.7. The number of hydrogen-bond acceptors (Lipinski definition) is 2. The molecule has 6 heteroatoms. The van der Waals surface area contributed by atoms with Crippen molar-refractivity contribution >= 4 is 7.60 Å². The van der Waals surface area contributed by atoms with Gasteiger partial charge in [0.15, 0.2) is 0 Å². The van der Waals surface area contributed by atoms with Crippen LogP contribution in [-0.4, -0.2) is 52.4 Å². The smallest absolute Gasteiger partial charge is 0.362 e. The van der Waals surface area contributed by atoms with Gasteiger partial charge in [0.05, 0.1) is 21.1 Å². The van der Waals surface area contributed by atoms with Gasteiger partial charge < -0.3 is 19.4 Å². The minimum absolute atomic E-state index is 0.0254. The molecule has 1 unspecified atom stereocenters. The zero-order chi connectivity index (χ0) is 23.6. The van der Waals surface area contributed by atoms with Crippen LogP contribution >= 0.6 is 7.60 Å². The van der Waals surface area contributed by atoms with Crippen molar-refractivity contribution in [2.75, 3.05) is 27.7 Å². The number of nitrogens with zero attached hydrogens (tertiary/aromatic N) is 1. The van der Waals surface area contributed by atoms with Crippen LogP contribution in [0.15, 0.2) is 24.3 Å². The summed E-state index contributed by atoms with van der Waals surface area (Å²) in [5, 5.41) is 8.54. The van der Waals surface area contributed by atoms with Gasteiger partial charge in [-0.3, -0.25) is 4.57 Å². The molecule has 0 aromatic rings. The van der Waals surface area contributed by atoms with Crippen LogP contribution in [0.5, 0.6) is 0 Å². The highest BCUT2D eigenvalue weighted by Gasteiger charge is 2.48. The van der Waals surface area contributed by atoms with Crippen LogP contribution in [0.25, 0.3) is 0 Å². The number of quaternary nitrogens is 1. The molecule has 0 saturated carbocycles. The summed E-state index contributed by atoms with van der Waals surface area (Å²) in [6, 6.07) is 0. The molecule has 0 bridgehead atoms. The van der Waals surface area contributed by atoms with E-state index < -0.39 is 12.9 Å². The molecule has 184 valence electrons. The van der Waals surface area contributed by atoms with E-state index >= 15 is 0 Å². The molecule has 5 nitrogen and oxygen atoms in total. The van der Waals surface area contributed by atoms with E-state index in [-0.39, 0.29) is 13.0 Å². The predicted molar refractivity (Wildman–Crippen MR) is 133 cm³/mol. The van der Waals surface area contributed by atoms with Crippen molar-refractivity contribution in [3.63, 3.8) is 0 Å². The fraction of sp³-hybridized carbons (Fsp3) is 0.840. The topological polar surface area (TPSA) is 77.8 Å². The van der Waals surface area contributed by atoms with E-state index in [2.05, 4.69) is 25.2 Å². The molecule has 0 aliphatic heterocycles. The molecule has 0 heterocycles. The average molecular weight is 461 g/mol. The van der Waals surface area contributed by atoms with Crippen LogP contribution in [0.2, 0.25) is 0 Å². The van der Waals surface area contributed by atoms with E-state index in [4.69, 9.17) is 0 Å². The van der Waals surface area contributed by atoms with Crippen LogP contribution in [-0.2, 0) is 4.57 Å². The maximum atomic E-state index is 11.7. The van der Waals surface area contributed by atoms with Gasteiger partial charge in [-0.25, -0.2) is 0 Å². The van der Waals surface area contributed by atoms with Gasteiger partial charge in [0.25, 0.3) is 0 Å². The summed E-state index contributed by atoms with van der Waals surface area (Å²) >= 11 is 0. The number of rotatable bonds is 20. The van der Waals surface area contributed by atoms with Crippen molar-refractivity contribution in [2.24, 2.45) is 0 Å². The minimum atomic E-state index is -4.58. The van der Waals surface area contributed by atoms with Crippen molar-refractivity contribution < 1.29 is 23.9 Å². The largest absolute Gasteiger partial charge is 0.373 e. The Bertz CT molecular complexity index is 536. The van der Waals surface area contributed by atoms with E-state index in [9.17, 15) is 19.5 Å². The summed E-state index contributed by atoms with van der Waals surface area (Å²) in [4.78, 5) is 19.1. The van der Waals surface area contributed by atoms with Gasteiger partial charge in [-0.15, -0.1) is 0 Å². The minimum Gasteiger partial charge on any atom is -0.373 e. The van der Waals surface area contributed by atoms with Gasteiger partial charge in [-0.05, 0) is 51.4 Å². The van der Waals surface area contributed by atoms with Crippen LogP contribution in [0.4, 0.5) is 0 Å². The van der Waals surface area contributed by atoms with Crippen LogP contribution in [0.1, 0.15) is 103 Å². The second-order valence-electron chi connectivity index (χ2n) is 10.0. The van der Waals surface area contributed by atoms with Crippen molar-refractivity contribution in [3.8, 4) is 0 Å². The van der Waals surface area contributed by atoms with E-state index in [1.807, 2.05) is 27.2 Å². The lowest BCUT2D eigenvalue weighted by molar-refractivity contribution is -0.875. The van der Waals surface area contributed by atoms with Gasteiger partial charge in [0.1, 0.15) is 6.54 Å². The molecule has 0 radical (unpaired) electrons. The number of likely N-dealkylation sites (N-methyl/N-ethyl adjacent to an activating group) is 1. The first kappa shape index (κ1) is 30.6. The fourth-order valence-electron chi connectivity index (χ4n) is 3.78. The molecule has 0 aromatic carbocycles. The molecule has 0 amide bonds. The maximum absolute atomic E-state index is 11.7. The Labute approximate surface area is 192 Å². The van der Waals surface area contributed by atoms with Gasteiger partial charge in [0, 0.05) is 0 Å². The lowest BCUT2D eigenvalue weighted by atomic mass is 10.1. The highest BCUT2D eigenvalue weighted by Crippen LogP contribution is 2.52. The molecule has 31 heavy (non-hydrogen) atoms. The summed E-state index contributed by atoms with van der Waals surface area (Å²) < 4.78 is 12.1. The van der Waals surface area contributed by atoms with Crippen molar-refractivity contribution in [2.45, 2.75) is 109 Å². The molecule has 0 fully saturated rings. The number of hydrogen-bond donors (Lipinski definition) is 3. The van der Waals surface area contributed by atoms with Crippen molar-refractivity contribution in [1.82, 2.24) is 0 Å². The second kappa shape index (κ2) is 17.1. The molecule has 0 spiro atoms. The summed E-state index contributed by atoms with van der Waals surface area (Å²) in [6.45, 7) is 2.28. The lowest BCUT2D eigenvalue weighted by Crippen LogP contribution is -2.49. The highest BCUT2D eigenvalue weighted by molar-refractivity contribution is 7.53. The van der Waals surface area contributed by atoms with Gasteiger partial charge in [-0.2, -0.15) is 0 Å². The Balaban J connectivity index is 3.75. The third kappa shape index (κ3) is 17.7. The Morgan fingerprint density at radius 2 is 1.10 bits per heavy atom. The van der Waals surface area contributed by atoms with E-state index in [0.717, 1.165) is 19.3 Å². The maximum Gasteiger partial charge on any atom is 0.362 e. The van der Waals surface area contributed by atoms with Crippen LogP contribution in [0.3, 0.4) is 0 Å². The molecule has 0 aromatic heterocycles. The molecule has 0 rings (SSSR count). The molecule has 1 atom stereocenters. The average Bonchev–Trinajstić information content (AvgIpc) is 2.65. The van der Waals surface area contributed by atoms with Crippen LogP contribution < -0.4 is 0 Å². The molecule has 3 N–H and O–H groups in total. The van der Waals surface area contributed by atoms with E-state index in [0.29, 0.717) is 10.9 Å². The Morgan fingerprint density at radius 1 is 0.710 bits per heavy atom. The van der Waals surface area contributed by atoms with E-state index in [1.165, 1.54) is 64.2 Å². The van der Waals surface area contributed by atoms with Crippen molar-refractivity contribution in [3.05, 3.63) is 24.3 Å². The Hall–Kier alpha value is -0.450. The second-order valence-corrected chi connectivity index (χ2v) is 11.9. The molecular weight excluding hydrogens is 409 g/mol. The first-order valence-electron chi connectivity index (χ1n) is 12.4. The normalized spacial score (nSPS) is 15.2. The van der Waals surface area contributed by atoms with Gasteiger partial charge in [-0.1, -0.05) is 76.2 Å². The first-order chi connectivity index (χ1) is 14.5. The summed E-state index contributed by atoms with van der Waals surface area (Å²) in [6.07, 6.45) is 25.7. The monoisotopic (exact) mass is 460 g/mol. The van der Waals surface area contributed by atoms with Gasteiger partial charge >= 0.3 is 7.60 Å². The quantitative estimate of drug-likeness (QED) is 0.0834. The molecule has 0 aliphatic carbocycles. The molecular formula is C25H51NO4P+. The summed E-state index contributed by atoms with van der Waals surface area (Å²) in [7, 11) is 0.885. The van der Waals surface area contributed by atoms with Crippen molar-refractivity contribution in [1.29, 1.82) is 0 Å². The zero-order valence-electron chi connectivity index (χ0n) is 20.8. The molecule has 0 aliphatic rings.